The number of rotatable bonds is 8. The summed E-state index contributed by atoms with van der Waals surface area (Å²) in [6, 6.07) is 23.3. The second kappa shape index (κ2) is 10.4. The number of carbonyl (C=O) groups excluding carboxylic acids is 1. The highest BCUT2D eigenvalue weighted by atomic mass is 16.5. The van der Waals surface area contributed by atoms with E-state index in [-0.39, 0.29) is 35.7 Å². The quantitative estimate of drug-likeness (QED) is 0.294. The monoisotopic (exact) mass is 457 g/mol. The van der Waals surface area contributed by atoms with Crippen molar-refractivity contribution >= 4 is 11.7 Å². The molecule has 0 fully saturated rings. The van der Waals surface area contributed by atoms with E-state index < -0.39 is 5.97 Å². The number of hydrogen-bond donors (Lipinski definition) is 1. The van der Waals surface area contributed by atoms with Gasteiger partial charge < -0.3 is 24.7 Å². The molecule has 1 aromatic heterocycles. The maximum absolute atomic E-state index is 13.3. The van der Waals surface area contributed by atoms with E-state index in [4.69, 9.17) is 24.7 Å². The van der Waals surface area contributed by atoms with Gasteiger partial charge in [0.2, 0.25) is 11.8 Å². The van der Waals surface area contributed by atoms with Crippen LogP contribution in [0.3, 0.4) is 0 Å². The number of nitrogens with two attached hydrogens (primary N) is 1. The molecule has 0 atom stereocenters. The van der Waals surface area contributed by atoms with Crippen LogP contribution in [-0.4, -0.2) is 30.2 Å². The van der Waals surface area contributed by atoms with Crippen molar-refractivity contribution in [2.45, 2.75) is 6.61 Å². The number of anilines is 1. The molecule has 0 bridgehead atoms. The van der Waals surface area contributed by atoms with Crippen molar-refractivity contribution in [1.29, 1.82) is 0 Å². The van der Waals surface area contributed by atoms with E-state index >= 15 is 0 Å². The molecule has 0 radical (unpaired) electrons. The Kier molecular flexibility index (Phi) is 6.88. The number of benzene rings is 3. The highest BCUT2D eigenvalue weighted by Crippen LogP contribution is 2.35. The van der Waals surface area contributed by atoms with E-state index in [1.807, 2.05) is 42.5 Å². The first-order chi connectivity index (χ1) is 16.6. The Balaban J connectivity index is 1.75. The van der Waals surface area contributed by atoms with Gasteiger partial charge in [0.25, 0.3) is 0 Å². The standard InChI is InChI=1S/C26H23N3O5/c1-31-22-15-23(32-2)29-26(28-22)34-21-13-7-12-20(18-10-6-11-19(27)14-18)24(21)25(30)33-16-17-8-4-3-5-9-17/h3-15H,16,27H2,1-2H3. The van der Waals surface area contributed by atoms with Gasteiger partial charge >= 0.3 is 12.0 Å². The average Bonchev–Trinajstić information content (AvgIpc) is 2.87. The zero-order valence-electron chi connectivity index (χ0n) is 18.7. The molecule has 3 aromatic carbocycles. The van der Waals surface area contributed by atoms with Crippen LogP contribution in [0.2, 0.25) is 0 Å². The molecule has 2 N–H and O–H groups in total. The normalized spacial score (nSPS) is 10.4. The number of ether oxygens (including phenoxy) is 4. The second-order valence-electron chi connectivity index (χ2n) is 7.20. The van der Waals surface area contributed by atoms with Crippen LogP contribution in [-0.2, 0) is 11.3 Å². The fourth-order valence-corrected chi connectivity index (χ4v) is 3.31. The van der Waals surface area contributed by atoms with Gasteiger partial charge in [-0.3, -0.25) is 0 Å². The fraction of sp³-hybridized carbons (Fsp3) is 0.115. The molecule has 8 heteroatoms. The van der Waals surface area contributed by atoms with Gasteiger partial charge in [0.05, 0.1) is 20.3 Å². The summed E-state index contributed by atoms with van der Waals surface area (Å²) in [5.41, 5.74) is 8.96. The lowest BCUT2D eigenvalue weighted by atomic mass is 9.98. The molecule has 0 aliphatic carbocycles. The predicted octanol–water partition coefficient (Wildman–Crippen LogP) is 4.89. The smallest absolute Gasteiger partial charge is 0.342 e. The Hall–Kier alpha value is -4.59. The van der Waals surface area contributed by atoms with Crippen LogP contribution < -0.4 is 19.9 Å². The average molecular weight is 457 g/mol. The van der Waals surface area contributed by atoms with Gasteiger partial charge in [-0.15, -0.1) is 0 Å². The number of nitrogens with zero attached hydrogens (tertiary/aromatic N) is 2. The van der Waals surface area contributed by atoms with E-state index in [0.29, 0.717) is 11.3 Å². The number of methoxy groups -OCH3 is 2. The molecule has 172 valence electrons. The summed E-state index contributed by atoms with van der Waals surface area (Å²) in [5, 5.41) is 0. The predicted molar refractivity (Wildman–Crippen MR) is 127 cm³/mol. The maximum Gasteiger partial charge on any atom is 0.342 e. The Morgan fingerprint density at radius 1 is 0.853 bits per heavy atom. The molecule has 0 amide bonds. The topological polar surface area (TPSA) is 106 Å². The Morgan fingerprint density at radius 3 is 2.24 bits per heavy atom. The first-order valence-electron chi connectivity index (χ1n) is 10.4. The lowest BCUT2D eigenvalue weighted by molar-refractivity contribution is 0.0470. The lowest BCUT2D eigenvalue weighted by Crippen LogP contribution is -2.10. The van der Waals surface area contributed by atoms with Crippen molar-refractivity contribution in [2.24, 2.45) is 0 Å². The van der Waals surface area contributed by atoms with E-state index in [0.717, 1.165) is 11.1 Å². The molecule has 0 saturated carbocycles. The summed E-state index contributed by atoms with van der Waals surface area (Å²) in [5.74, 6) is 0.157. The van der Waals surface area contributed by atoms with Crippen LogP contribution >= 0.6 is 0 Å². The molecule has 1 heterocycles. The van der Waals surface area contributed by atoms with E-state index in [1.54, 1.807) is 30.3 Å². The largest absolute Gasteiger partial charge is 0.481 e. The summed E-state index contributed by atoms with van der Waals surface area (Å²) in [4.78, 5) is 21.7. The van der Waals surface area contributed by atoms with Crippen molar-refractivity contribution in [3.63, 3.8) is 0 Å². The van der Waals surface area contributed by atoms with Crippen LogP contribution in [0.15, 0.2) is 78.9 Å². The van der Waals surface area contributed by atoms with Crippen molar-refractivity contribution in [2.75, 3.05) is 20.0 Å². The summed E-state index contributed by atoms with van der Waals surface area (Å²) in [6.45, 7) is 0.105. The van der Waals surface area contributed by atoms with Gasteiger partial charge in [-0.25, -0.2) is 4.79 Å². The molecule has 0 saturated heterocycles. The summed E-state index contributed by atoms with van der Waals surface area (Å²) in [6.07, 6.45) is 0. The minimum absolute atomic E-state index is 0.0435. The van der Waals surface area contributed by atoms with Crippen LogP contribution in [0.1, 0.15) is 15.9 Å². The zero-order chi connectivity index (χ0) is 23.9. The van der Waals surface area contributed by atoms with E-state index in [9.17, 15) is 4.79 Å². The fourth-order valence-electron chi connectivity index (χ4n) is 3.31. The maximum atomic E-state index is 13.3. The van der Waals surface area contributed by atoms with Crippen LogP contribution in [0, 0.1) is 0 Å². The first kappa shape index (κ1) is 22.6. The van der Waals surface area contributed by atoms with Crippen molar-refractivity contribution in [3.8, 4) is 34.6 Å². The molecular formula is C26H23N3O5. The SMILES string of the molecule is COc1cc(OC)nc(Oc2cccc(-c3cccc(N)c3)c2C(=O)OCc2ccccc2)n1. The zero-order valence-corrected chi connectivity index (χ0v) is 18.7. The molecule has 0 aliphatic rings. The molecule has 8 nitrogen and oxygen atoms in total. The molecule has 0 aliphatic heterocycles. The Labute approximate surface area is 196 Å². The molecule has 34 heavy (non-hydrogen) atoms. The molecule has 4 rings (SSSR count). The summed E-state index contributed by atoms with van der Waals surface area (Å²) >= 11 is 0. The van der Waals surface area contributed by atoms with Crippen molar-refractivity contribution in [3.05, 3.63) is 90.0 Å². The summed E-state index contributed by atoms with van der Waals surface area (Å²) < 4.78 is 22.0. The first-order valence-corrected chi connectivity index (χ1v) is 10.4. The van der Waals surface area contributed by atoms with E-state index in [2.05, 4.69) is 9.97 Å². The van der Waals surface area contributed by atoms with Gasteiger partial charge in [0, 0.05) is 11.3 Å². The number of esters is 1. The number of carbonyl (C=O) groups is 1. The van der Waals surface area contributed by atoms with Crippen LogP contribution in [0.25, 0.3) is 11.1 Å². The third-order valence-corrected chi connectivity index (χ3v) is 4.92. The number of aromatic nitrogens is 2. The number of nitrogen functional groups attached to an aromatic ring is 1. The van der Waals surface area contributed by atoms with Crippen LogP contribution in [0.4, 0.5) is 5.69 Å². The highest BCUT2D eigenvalue weighted by Gasteiger charge is 2.22. The van der Waals surface area contributed by atoms with Gasteiger partial charge in [0.15, 0.2) is 0 Å². The third kappa shape index (κ3) is 5.24. The minimum atomic E-state index is -0.563. The third-order valence-electron chi connectivity index (χ3n) is 4.92. The van der Waals surface area contributed by atoms with Gasteiger partial charge in [-0.05, 0) is 29.3 Å². The van der Waals surface area contributed by atoms with Crippen molar-refractivity contribution < 1.29 is 23.7 Å². The van der Waals surface area contributed by atoms with E-state index in [1.165, 1.54) is 20.3 Å². The molecule has 0 spiro atoms. The van der Waals surface area contributed by atoms with Gasteiger partial charge in [-0.1, -0.05) is 54.6 Å². The molecular weight excluding hydrogens is 434 g/mol. The Bertz CT molecular complexity index is 1270. The van der Waals surface area contributed by atoms with Crippen LogP contribution in [0.5, 0.6) is 23.5 Å². The molecule has 4 aromatic rings. The highest BCUT2D eigenvalue weighted by molar-refractivity contribution is 6.00. The lowest BCUT2D eigenvalue weighted by Gasteiger charge is -2.15. The van der Waals surface area contributed by atoms with Gasteiger partial charge in [-0.2, -0.15) is 9.97 Å². The summed E-state index contributed by atoms with van der Waals surface area (Å²) in [7, 11) is 2.94. The number of hydrogen-bond acceptors (Lipinski definition) is 8. The van der Waals surface area contributed by atoms with Crippen molar-refractivity contribution in [1.82, 2.24) is 9.97 Å². The Morgan fingerprint density at radius 2 is 1.56 bits per heavy atom. The minimum Gasteiger partial charge on any atom is -0.481 e. The second-order valence-corrected chi connectivity index (χ2v) is 7.20. The van der Waals surface area contributed by atoms with Gasteiger partial charge in [0.1, 0.15) is 17.9 Å². The molecule has 0 unspecified atom stereocenters.